The van der Waals surface area contributed by atoms with Gasteiger partial charge in [-0.2, -0.15) is 0 Å². The predicted molar refractivity (Wildman–Crippen MR) is 58.5 cm³/mol. The molecule has 0 radical (unpaired) electrons. The highest BCUT2D eigenvalue weighted by molar-refractivity contribution is 5.81. The van der Waals surface area contributed by atoms with E-state index < -0.39 is 0 Å². The van der Waals surface area contributed by atoms with Crippen molar-refractivity contribution in [3.8, 4) is 0 Å². The van der Waals surface area contributed by atoms with Crippen LogP contribution in [0.3, 0.4) is 0 Å². The van der Waals surface area contributed by atoms with Crippen LogP contribution in [0.25, 0.3) is 0 Å². The summed E-state index contributed by atoms with van der Waals surface area (Å²) in [5.41, 5.74) is 0. The Kier molecular flexibility index (Phi) is 8.89. The number of carbonyl (C=O) groups is 1. The molecular formula is C11H23NO2. The zero-order valence-electron chi connectivity index (χ0n) is 9.71. The molecule has 84 valence electrons. The molecule has 14 heavy (non-hydrogen) atoms. The maximum absolute atomic E-state index is 11.4. The molecule has 0 aliphatic heterocycles. The van der Waals surface area contributed by atoms with Gasteiger partial charge in [-0.25, -0.2) is 0 Å². The summed E-state index contributed by atoms with van der Waals surface area (Å²) in [6.07, 6.45) is 2.16. The van der Waals surface area contributed by atoms with Crippen molar-refractivity contribution in [2.24, 2.45) is 0 Å². The molecule has 0 saturated heterocycles. The molecule has 0 unspecified atom stereocenters. The van der Waals surface area contributed by atoms with Crippen molar-refractivity contribution in [2.45, 2.75) is 33.6 Å². The first-order chi connectivity index (χ1) is 6.74. The van der Waals surface area contributed by atoms with Crippen molar-refractivity contribution in [2.75, 3.05) is 32.8 Å². The standard InChI is InChI=1S/C11H23NO2/c1-4-7-8-14-10-11(13)9-12(5-2)6-3/h4-10H2,1-3H3. The Morgan fingerprint density at radius 1 is 1.21 bits per heavy atom. The minimum atomic E-state index is 0.185. The first-order valence-electron chi connectivity index (χ1n) is 5.56. The van der Waals surface area contributed by atoms with Crippen LogP contribution in [0.4, 0.5) is 0 Å². The van der Waals surface area contributed by atoms with Crippen LogP contribution in [-0.4, -0.2) is 43.5 Å². The minimum Gasteiger partial charge on any atom is -0.374 e. The molecule has 0 aromatic rings. The van der Waals surface area contributed by atoms with Gasteiger partial charge in [0.15, 0.2) is 5.78 Å². The van der Waals surface area contributed by atoms with Gasteiger partial charge in [0.2, 0.25) is 0 Å². The Bertz CT molecular complexity index is 144. The molecule has 0 heterocycles. The van der Waals surface area contributed by atoms with Crippen molar-refractivity contribution in [3.63, 3.8) is 0 Å². The van der Waals surface area contributed by atoms with Crippen molar-refractivity contribution in [1.82, 2.24) is 4.90 Å². The van der Waals surface area contributed by atoms with E-state index in [0.717, 1.165) is 25.9 Å². The molecule has 0 fully saturated rings. The number of rotatable bonds is 9. The Labute approximate surface area is 87.4 Å². The lowest BCUT2D eigenvalue weighted by atomic mass is 10.3. The summed E-state index contributed by atoms with van der Waals surface area (Å²) in [6, 6.07) is 0. The van der Waals surface area contributed by atoms with E-state index in [-0.39, 0.29) is 12.4 Å². The highest BCUT2D eigenvalue weighted by Gasteiger charge is 2.06. The summed E-state index contributed by atoms with van der Waals surface area (Å²) in [5.74, 6) is 0.185. The van der Waals surface area contributed by atoms with Crippen LogP contribution in [0, 0.1) is 0 Å². The number of ether oxygens (including phenoxy) is 1. The largest absolute Gasteiger partial charge is 0.374 e. The Hall–Kier alpha value is -0.410. The monoisotopic (exact) mass is 201 g/mol. The van der Waals surface area contributed by atoms with Crippen LogP contribution in [0.1, 0.15) is 33.6 Å². The van der Waals surface area contributed by atoms with Crippen LogP contribution in [-0.2, 0) is 9.53 Å². The maximum atomic E-state index is 11.4. The fourth-order valence-corrected chi connectivity index (χ4v) is 1.17. The number of nitrogens with zero attached hydrogens (tertiary/aromatic N) is 1. The lowest BCUT2D eigenvalue weighted by Crippen LogP contribution is -2.31. The molecule has 3 heteroatoms. The highest BCUT2D eigenvalue weighted by Crippen LogP contribution is 1.91. The number of likely N-dealkylation sites (N-methyl/N-ethyl adjacent to an activating group) is 1. The average molecular weight is 201 g/mol. The summed E-state index contributed by atoms with van der Waals surface area (Å²) in [4.78, 5) is 13.5. The molecule has 0 atom stereocenters. The van der Waals surface area contributed by atoms with Crippen LogP contribution in [0.15, 0.2) is 0 Å². The zero-order chi connectivity index (χ0) is 10.8. The van der Waals surface area contributed by atoms with Crippen LogP contribution in [0.5, 0.6) is 0 Å². The summed E-state index contributed by atoms with van der Waals surface area (Å²) in [7, 11) is 0. The van der Waals surface area contributed by atoms with Crippen LogP contribution >= 0.6 is 0 Å². The average Bonchev–Trinajstić information content (AvgIpc) is 2.21. The van der Waals surface area contributed by atoms with Gasteiger partial charge >= 0.3 is 0 Å². The Morgan fingerprint density at radius 2 is 1.86 bits per heavy atom. The topological polar surface area (TPSA) is 29.5 Å². The summed E-state index contributed by atoms with van der Waals surface area (Å²) >= 11 is 0. The van der Waals surface area contributed by atoms with E-state index in [2.05, 4.69) is 25.7 Å². The van der Waals surface area contributed by atoms with Gasteiger partial charge in [-0.05, 0) is 19.5 Å². The maximum Gasteiger partial charge on any atom is 0.172 e. The fourth-order valence-electron chi connectivity index (χ4n) is 1.17. The second-order valence-corrected chi connectivity index (χ2v) is 3.41. The van der Waals surface area contributed by atoms with E-state index in [1.54, 1.807) is 0 Å². The third kappa shape index (κ3) is 7.04. The Balaban J connectivity index is 3.44. The lowest BCUT2D eigenvalue weighted by Gasteiger charge is -2.16. The van der Waals surface area contributed by atoms with Gasteiger partial charge in [0, 0.05) is 6.61 Å². The summed E-state index contributed by atoms with van der Waals surface area (Å²) < 4.78 is 5.25. The molecule has 0 aromatic carbocycles. The van der Waals surface area contributed by atoms with Gasteiger partial charge in [-0.1, -0.05) is 27.2 Å². The first kappa shape index (κ1) is 13.6. The van der Waals surface area contributed by atoms with E-state index >= 15 is 0 Å². The molecule has 0 N–H and O–H groups in total. The van der Waals surface area contributed by atoms with Gasteiger partial charge in [0.1, 0.15) is 6.61 Å². The van der Waals surface area contributed by atoms with Crippen molar-refractivity contribution < 1.29 is 9.53 Å². The molecule has 0 aromatic heterocycles. The van der Waals surface area contributed by atoms with Crippen molar-refractivity contribution >= 4 is 5.78 Å². The smallest absolute Gasteiger partial charge is 0.172 e. The zero-order valence-corrected chi connectivity index (χ0v) is 9.71. The number of Topliss-reactive ketones (excluding diaryl/α,β-unsaturated/α-hetero) is 1. The molecular weight excluding hydrogens is 178 g/mol. The fraction of sp³-hybridized carbons (Fsp3) is 0.909. The van der Waals surface area contributed by atoms with E-state index in [0.29, 0.717) is 13.2 Å². The molecule has 3 nitrogen and oxygen atoms in total. The quantitative estimate of drug-likeness (QED) is 0.532. The Morgan fingerprint density at radius 3 is 2.36 bits per heavy atom. The number of unbranched alkanes of at least 4 members (excludes halogenated alkanes) is 1. The molecule has 0 rings (SSSR count). The van der Waals surface area contributed by atoms with Gasteiger partial charge < -0.3 is 4.74 Å². The van der Waals surface area contributed by atoms with Gasteiger partial charge in [-0.3, -0.25) is 9.69 Å². The van der Waals surface area contributed by atoms with Gasteiger partial charge in [0.25, 0.3) is 0 Å². The van der Waals surface area contributed by atoms with E-state index in [9.17, 15) is 4.79 Å². The van der Waals surface area contributed by atoms with Crippen LogP contribution in [0.2, 0.25) is 0 Å². The van der Waals surface area contributed by atoms with Crippen LogP contribution < -0.4 is 0 Å². The second kappa shape index (κ2) is 9.16. The highest BCUT2D eigenvalue weighted by atomic mass is 16.5. The number of hydrogen-bond acceptors (Lipinski definition) is 3. The number of ketones is 1. The van der Waals surface area contributed by atoms with E-state index in [1.807, 2.05) is 0 Å². The van der Waals surface area contributed by atoms with Gasteiger partial charge in [0.05, 0.1) is 6.54 Å². The molecule has 0 aliphatic carbocycles. The van der Waals surface area contributed by atoms with Crippen molar-refractivity contribution in [1.29, 1.82) is 0 Å². The third-order valence-electron chi connectivity index (χ3n) is 2.20. The summed E-state index contributed by atoms with van der Waals surface area (Å²) in [6.45, 7) is 9.61. The lowest BCUT2D eigenvalue weighted by molar-refractivity contribution is -0.124. The normalized spacial score (nSPS) is 10.9. The molecule has 0 spiro atoms. The second-order valence-electron chi connectivity index (χ2n) is 3.41. The minimum absolute atomic E-state index is 0.185. The van der Waals surface area contributed by atoms with Gasteiger partial charge in [-0.15, -0.1) is 0 Å². The molecule has 0 saturated carbocycles. The van der Waals surface area contributed by atoms with E-state index in [1.165, 1.54) is 0 Å². The molecule has 0 aliphatic rings. The first-order valence-corrected chi connectivity index (χ1v) is 5.56. The third-order valence-corrected chi connectivity index (χ3v) is 2.20. The van der Waals surface area contributed by atoms with E-state index in [4.69, 9.17) is 4.74 Å². The predicted octanol–water partition coefficient (Wildman–Crippen LogP) is 1.71. The van der Waals surface area contributed by atoms with Crippen molar-refractivity contribution in [3.05, 3.63) is 0 Å². The molecule has 0 bridgehead atoms. The summed E-state index contributed by atoms with van der Waals surface area (Å²) in [5, 5.41) is 0. The number of carbonyl (C=O) groups excluding carboxylic acids is 1. The SMILES string of the molecule is CCCCOCC(=O)CN(CC)CC. The number of hydrogen-bond donors (Lipinski definition) is 0. The molecule has 0 amide bonds.